The summed E-state index contributed by atoms with van der Waals surface area (Å²) < 4.78 is 5.11. The first-order valence-electron chi connectivity index (χ1n) is 6.32. The number of hydrogen-bond donors (Lipinski definition) is 1. The van der Waals surface area contributed by atoms with Gasteiger partial charge in [0, 0.05) is 33.5 Å². The lowest BCUT2D eigenvalue weighted by Gasteiger charge is -2.20. The number of esters is 1. The number of rotatable bonds is 6. The fraction of sp³-hybridized carbons (Fsp3) is 0.769. The number of hydrogen-bond acceptors (Lipinski definition) is 4. The summed E-state index contributed by atoms with van der Waals surface area (Å²) in [5.41, 5.74) is -0.536. The summed E-state index contributed by atoms with van der Waals surface area (Å²) in [5.74, 6) is -0.679. The summed E-state index contributed by atoms with van der Waals surface area (Å²) in [6.45, 7) is 5.68. The highest BCUT2D eigenvalue weighted by Gasteiger charge is 2.18. The summed E-state index contributed by atoms with van der Waals surface area (Å²) in [6, 6.07) is 0. The van der Waals surface area contributed by atoms with E-state index in [9.17, 15) is 14.4 Å². The van der Waals surface area contributed by atoms with Crippen LogP contribution in [0, 0.1) is 0 Å². The summed E-state index contributed by atoms with van der Waals surface area (Å²) in [7, 11) is 3.16. The van der Waals surface area contributed by atoms with Gasteiger partial charge in [0.1, 0.15) is 5.60 Å². The van der Waals surface area contributed by atoms with Crippen LogP contribution >= 0.6 is 0 Å². The summed E-state index contributed by atoms with van der Waals surface area (Å²) >= 11 is 0. The van der Waals surface area contributed by atoms with Crippen LogP contribution in [-0.4, -0.2) is 48.9 Å². The molecule has 0 spiro atoms. The maximum Gasteiger partial charge on any atom is 0.306 e. The molecule has 0 aliphatic carbocycles. The number of carbonyl (C=O) groups is 3. The van der Waals surface area contributed by atoms with Crippen molar-refractivity contribution < 1.29 is 19.1 Å². The molecule has 0 aromatic rings. The predicted octanol–water partition coefficient (Wildman–Crippen LogP) is 0.703. The number of amides is 2. The van der Waals surface area contributed by atoms with Crippen LogP contribution in [0.25, 0.3) is 0 Å². The zero-order valence-electron chi connectivity index (χ0n) is 12.4. The first-order valence-corrected chi connectivity index (χ1v) is 6.32. The molecule has 0 bridgehead atoms. The third-order valence-corrected chi connectivity index (χ3v) is 2.34. The van der Waals surface area contributed by atoms with E-state index in [4.69, 9.17) is 4.74 Å². The molecule has 0 aromatic carbocycles. The van der Waals surface area contributed by atoms with E-state index in [2.05, 4.69) is 5.32 Å². The highest BCUT2D eigenvalue weighted by molar-refractivity contribution is 5.82. The Labute approximate surface area is 114 Å². The van der Waals surface area contributed by atoms with Crippen LogP contribution in [0.5, 0.6) is 0 Å². The molecule has 0 atom stereocenters. The van der Waals surface area contributed by atoms with Gasteiger partial charge >= 0.3 is 5.97 Å². The molecule has 6 nitrogen and oxygen atoms in total. The molecule has 0 saturated heterocycles. The van der Waals surface area contributed by atoms with Gasteiger partial charge in [0.25, 0.3) is 0 Å². The minimum absolute atomic E-state index is 0.0560. The SMILES string of the molecule is CNC(=O)CCN(C)C(=O)CCC(=O)OC(C)(C)C. The number of nitrogens with zero attached hydrogens (tertiary/aromatic N) is 1. The lowest BCUT2D eigenvalue weighted by atomic mass is 10.2. The van der Waals surface area contributed by atoms with Crippen molar-refractivity contribution >= 4 is 17.8 Å². The molecule has 0 aromatic heterocycles. The largest absolute Gasteiger partial charge is 0.460 e. The van der Waals surface area contributed by atoms with Crippen LogP contribution < -0.4 is 5.32 Å². The second-order valence-corrected chi connectivity index (χ2v) is 5.32. The summed E-state index contributed by atoms with van der Waals surface area (Å²) in [4.78, 5) is 35.6. The minimum atomic E-state index is -0.536. The van der Waals surface area contributed by atoms with Gasteiger partial charge in [-0.15, -0.1) is 0 Å². The van der Waals surface area contributed by atoms with Crippen molar-refractivity contribution in [2.24, 2.45) is 0 Å². The second-order valence-electron chi connectivity index (χ2n) is 5.32. The van der Waals surface area contributed by atoms with Crippen LogP contribution in [0.15, 0.2) is 0 Å². The van der Waals surface area contributed by atoms with Crippen molar-refractivity contribution in [3.05, 3.63) is 0 Å². The van der Waals surface area contributed by atoms with Gasteiger partial charge in [0.15, 0.2) is 0 Å². The Morgan fingerprint density at radius 2 is 1.68 bits per heavy atom. The normalized spacial score (nSPS) is 10.8. The predicted molar refractivity (Wildman–Crippen MR) is 71.4 cm³/mol. The molecule has 0 aliphatic rings. The Morgan fingerprint density at radius 1 is 1.11 bits per heavy atom. The zero-order chi connectivity index (χ0) is 15.1. The monoisotopic (exact) mass is 272 g/mol. The molecule has 110 valence electrons. The van der Waals surface area contributed by atoms with Crippen molar-refractivity contribution in [1.29, 1.82) is 0 Å². The van der Waals surface area contributed by atoms with Crippen molar-refractivity contribution in [1.82, 2.24) is 10.2 Å². The average Bonchev–Trinajstić information content (AvgIpc) is 2.30. The van der Waals surface area contributed by atoms with Crippen LogP contribution in [0.3, 0.4) is 0 Å². The highest BCUT2D eigenvalue weighted by atomic mass is 16.6. The van der Waals surface area contributed by atoms with E-state index in [1.165, 1.54) is 4.90 Å². The number of ether oxygens (including phenoxy) is 1. The van der Waals surface area contributed by atoms with E-state index in [-0.39, 0.29) is 37.0 Å². The molecule has 0 heterocycles. The average molecular weight is 272 g/mol. The van der Waals surface area contributed by atoms with E-state index in [0.717, 1.165) is 0 Å². The Hall–Kier alpha value is -1.59. The van der Waals surface area contributed by atoms with Crippen LogP contribution in [-0.2, 0) is 19.1 Å². The first kappa shape index (κ1) is 17.4. The molecule has 0 unspecified atom stereocenters. The molecule has 6 heteroatoms. The molecule has 0 radical (unpaired) electrons. The summed E-state index contributed by atoms with van der Waals surface area (Å²) in [6.07, 6.45) is 0.407. The molecule has 0 aliphatic heterocycles. The minimum Gasteiger partial charge on any atom is -0.460 e. The zero-order valence-corrected chi connectivity index (χ0v) is 12.4. The van der Waals surface area contributed by atoms with Gasteiger partial charge in [-0.3, -0.25) is 14.4 Å². The van der Waals surface area contributed by atoms with Crippen molar-refractivity contribution in [3.63, 3.8) is 0 Å². The topological polar surface area (TPSA) is 75.7 Å². The van der Waals surface area contributed by atoms with E-state index < -0.39 is 5.60 Å². The third-order valence-electron chi connectivity index (χ3n) is 2.34. The fourth-order valence-electron chi connectivity index (χ4n) is 1.31. The first-order chi connectivity index (χ1) is 8.65. The second kappa shape index (κ2) is 7.76. The Bertz CT molecular complexity index is 334. The molecule has 0 saturated carbocycles. The van der Waals surface area contributed by atoms with Crippen LogP contribution in [0.2, 0.25) is 0 Å². The smallest absolute Gasteiger partial charge is 0.306 e. The van der Waals surface area contributed by atoms with E-state index in [0.29, 0.717) is 6.54 Å². The maximum absolute atomic E-state index is 11.7. The summed E-state index contributed by atoms with van der Waals surface area (Å²) in [5, 5.41) is 2.48. The van der Waals surface area contributed by atoms with E-state index >= 15 is 0 Å². The molecule has 19 heavy (non-hydrogen) atoms. The van der Waals surface area contributed by atoms with Gasteiger partial charge in [0.2, 0.25) is 11.8 Å². The quantitative estimate of drug-likeness (QED) is 0.722. The Balaban J connectivity index is 3.97. The van der Waals surface area contributed by atoms with Crippen LogP contribution in [0.4, 0.5) is 0 Å². The van der Waals surface area contributed by atoms with Gasteiger partial charge in [0.05, 0.1) is 6.42 Å². The molecule has 0 fully saturated rings. The van der Waals surface area contributed by atoms with Crippen molar-refractivity contribution in [2.75, 3.05) is 20.6 Å². The molecule has 2 amide bonds. The Morgan fingerprint density at radius 3 is 2.16 bits per heavy atom. The van der Waals surface area contributed by atoms with Gasteiger partial charge in [-0.25, -0.2) is 0 Å². The van der Waals surface area contributed by atoms with Crippen molar-refractivity contribution in [3.8, 4) is 0 Å². The van der Waals surface area contributed by atoms with E-state index in [1.54, 1.807) is 34.9 Å². The lowest BCUT2D eigenvalue weighted by molar-refractivity contribution is -0.156. The maximum atomic E-state index is 11.7. The number of nitrogens with one attached hydrogen (secondary N) is 1. The van der Waals surface area contributed by atoms with Gasteiger partial charge in [-0.1, -0.05) is 0 Å². The van der Waals surface area contributed by atoms with E-state index in [1.807, 2.05) is 0 Å². The standard InChI is InChI=1S/C13H24N2O4/c1-13(2,3)19-12(18)7-6-11(17)15(5)9-8-10(16)14-4/h6-9H2,1-5H3,(H,14,16). The third kappa shape index (κ3) is 9.04. The molecular weight excluding hydrogens is 248 g/mol. The van der Waals surface area contributed by atoms with Gasteiger partial charge in [-0.05, 0) is 20.8 Å². The molecule has 0 rings (SSSR count). The molecule has 1 N–H and O–H groups in total. The molecular formula is C13H24N2O4. The van der Waals surface area contributed by atoms with Crippen molar-refractivity contribution in [2.45, 2.75) is 45.6 Å². The fourth-order valence-corrected chi connectivity index (χ4v) is 1.31. The van der Waals surface area contributed by atoms with Gasteiger partial charge < -0.3 is 15.0 Å². The lowest BCUT2D eigenvalue weighted by Crippen LogP contribution is -2.32. The Kier molecular flexibility index (Phi) is 7.11. The highest BCUT2D eigenvalue weighted by Crippen LogP contribution is 2.09. The van der Waals surface area contributed by atoms with Gasteiger partial charge in [-0.2, -0.15) is 0 Å². The van der Waals surface area contributed by atoms with Crippen LogP contribution in [0.1, 0.15) is 40.0 Å². The number of carbonyl (C=O) groups excluding carboxylic acids is 3.